The average molecular weight is 671 g/mol. The summed E-state index contributed by atoms with van der Waals surface area (Å²) in [4.78, 5) is 25.1. The second-order valence-corrected chi connectivity index (χ2v) is 15.0. The van der Waals surface area contributed by atoms with Gasteiger partial charge in [0.2, 0.25) is 5.91 Å². The molecule has 2 N–H and O–H groups in total. The molecule has 3 unspecified atom stereocenters. The molecule has 0 aromatic carbocycles. The molecule has 0 fully saturated rings. The third-order valence-electron chi connectivity index (χ3n) is 7.84. The zero-order valence-corrected chi connectivity index (χ0v) is 31.2. The molecule has 0 aromatic heterocycles. The van der Waals surface area contributed by atoms with Crippen LogP contribution in [0.25, 0.3) is 0 Å². The number of aliphatic hydroxyl groups is 1. The van der Waals surface area contributed by atoms with Gasteiger partial charge < -0.3 is 28.8 Å². The highest BCUT2D eigenvalue weighted by atomic mass is 31.2. The zero-order chi connectivity index (χ0) is 34.4. The van der Waals surface area contributed by atoms with Crippen LogP contribution in [0.2, 0.25) is 0 Å². The number of rotatable bonds is 32. The number of quaternary nitrogens is 1. The van der Waals surface area contributed by atoms with Gasteiger partial charge in [-0.3, -0.25) is 9.36 Å². The van der Waals surface area contributed by atoms with E-state index in [4.69, 9.17) is 9.05 Å². The molecule has 0 bridgehead atoms. The van der Waals surface area contributed by atoms with E-state index < -0.39 is 20.0 Å². The first-order valence-corrected chi connectivity index (χ1v) is 19.8. The molecule has 0 spiro atoms. The summed E-state index contributed by atoms with van der Waals surface area (Å²) in [6.07, 6.45) is 33.3. The van der Waals surface area contributed by atoms with Crippen LogP contribution < -0.4 is 10.2 Å². The molecule has 1 amide bonds. The van der Waals surface area contributed by atoms with Crippen LogP contribution in [0, 0.1) is 0 Å². The number of amides is 1. The predicted octanol–water partition coefficient (Wildman–Crippen LogP) is 8.55. The molecular formula is C37H71N2O6P. The molecule has 8 nitrogen and oxygen atoms in total. The zero-order valence-electron chi connectivity index (χ0n) is 30.3. The van der Waals surface area contributed by atoms with Crippen molar-refractivity contribution in [2.75, 3.05) is 40.9 Å². The van der Waals surface area contributed by atoms with E-state index >= 15 is 0 Å². The fraction of sp³-hybridized carbons (Fsp3) is 0.811. The molecule has 0 aliphatic heterocycles. The Kier molecular flexibility index (Phi) is 29.0. The highest BCUT2D eigenvalue weighted by molar-refractivity contribution is 7.45. The normalized spacial score (nSPS) is 15.2. The van der Waals surface area contributed by atoms with E-state index in [-0.39, 0.29) is 19.1 Å². The quantitative estimate of drug-likeness (QED) is 0.0321. The van der Waals surface area contributed by atoms with Crippen molar-refractivity contribution in [2.45, 2.75) is 154 Å². The van der Waals surface area contributed by atoms with Crippen molar-refractivity contribution in [3.8, 4) is 0 Å². The van der Waals surface area contributed by atoms with Crippen LogP contribution in [0.1, 0.15) is 142 Å². The summed E-state index contributed by atoms with van der Waals surface area (Å²) >= 11 is 0. The lowest BCUT2D eigenvalue weighted by Crippen LogP contribution is -2.45. The summed E-state index contributed by atoms with van der Waals surface area (Å²) in [7, 11) is 1.24. The number of nitrogens with zero attached hydrogens (tertiary/aromatic N) is 1. The third kappa shape index (κ3) is 31.3. The van der Waals surface area contributed by atoms with Crippen molar-refractivity contribution >= 4 is 13.7 Å². The lowest BCUT2D eigenvalue weighted by atomic mass is 10.1. The fourth-order valence-corrected chi connectivity index (χ4v) is 5.55. The van der Waals surface area contributed by atoms with E-state index in [1.54, 1.807) is 6.08 Å². The smallest absolute Gasteiger partial charge is 0.268 e. The lowest BCUT2D eigenvalue weighted by Gasteiger charge is -2.29. The molecule has 270 valence electrons. The number of hydrogen-bond donors (Lipinski definition) is 2. The molecule has 0 saturated heterocycles. The maximum Gasteiger partial charge on any atom is 0.268 e. The van der Waals surface area contributed by atoms with Crippen molar-refractivity contribution in [3.05, 3.63) is 36.5 Å². The second-order valence-electron chi connectivity index (χ2n) is 13.6. The van der Waals surface area contributed by atoms with E-state index in [1.165, 1.54) is 57.8 Å². The molecule has 0 aromatic rings. The van der Waals surface area contributed by atoms with Gasteiger partial charge in [0.1, 0.15) is 13.2 Å². The van der Waals surface area contributed by atoms with Gasteiger partial charge in [-0.15, -0.1) is 0 Å². The third-order valence-corrected chi connectivity index (χ3v) is 8.81. The Hall–Kier alpha value is -1.28. The topological polar surface area (TPSA) is 108 Å². The van der Waals surface area contributed by atoms with Crippen molar-refractivity contribution in [3.63, 3.8) is 0 Å². The van der Waals surface area contributed by atoms with Crippen molar-refractivity contribution in [2.24, 2.45) is 0 Å². The van der Waals surface area contributed by atoms with Crippen molar-refractivity contribution in [1.82, 2.24) is 5.32 Å². The minimum Gasteiger partial charge on any atom is -0.756 e. The molecule has 0 saturated carbocycles. The van der Waals surface area contributed by atoms with Crippen molar-refractivity contribution in [1.29, 1.82) is 0 Å². The number of carbonyl (C=O) groups excluding carboxylic acids is 1. The number of carbonyl (C=O) groups is 1. The maximum absolute atomic E-state index is 12.7. The first-order chi connectivity index (χ1) is 22.0. The molecular weight excluding hydrogens is 599 g/mol. The molecule has 3 atom stereocenters. The summed E-state index contributed by atoms with van der Waals surface area (Å²) in [6, 6.07) is -0.889. The minimum atomic E-state index is -4.58. The monoisotopic (exact) mass is 671 g/mol. The Bertz CT molecular complexity index is 855. The first-order valence-electron chi connectivity index (χ1n) is 18.4. The minimum absolute atomic E-state index is 0.00493. The van der Waals surface area contributed by atoms with E-state index in [2.05, 4.69) is 43.5 Å². The fourth-order valence-electron chi connectivity index (χ4n) is 4.83. The van der Waals surface area contributed by atoms with Gasteiger partial charge in [-0.25, -0.2) is 0 Å². The second kappa shape index (κ2) is 29.8. The molecule has 0 aliphatic carbocycles. The van der Waals surface area contributed by atoms with Crippen LogP contribution in [0.4, 0.5) is 0 Å². The van der Waals surface area contributed by atoms with Gasteiger partial charge in [0.25, 0.3) is 7.82 Å². The van der Waals surface area contributed by atoms with E-state index in [9.17, 15) is 19.4 Å². The molecule has 0 heterocycles. The summed E-state index contributed by atoms with van der Waals surface area (Å²) < 4.78 is 23.0. The predicted molar refractivity (Wildman–Crippen MR) is 191 cm³/mol. The molecule has 46 heavy (non-hydrogen) atoms. The number of phosphoric acid groups is 1. The van der Waals surface area contributed by atoms with Crippen LogP contribution in [0.5, 0.6) is 0 Å². The van der Waals surface area contributed by atoms with Crippen LogP contribution >= 0.6 is 7.82 Å². The van der Waals surface area contributed by atoms with Crippen molar-refractivity contribution < 1.29 is 32.9 Å². The highest BCUT2D eigenvalue weighted by Gasteiger charge is 2.23. The molecule has 0 rings (SSSR count). The van der Waals surface area contributed by atoms with E-state index in [1.807, 2.05) is 27.2 Å². The Morgan fingerprint density at radius 3 is 1.85 bits per heavy atom. The summed E-state index contributed by atoms with van der Waals surface area (Å²) in [5.41, 5.74) is 0. The number of nitrogens with one attached hydrogen (secondary N) is 1. The SMILES string of the molecule is CCCCC/C=C\C/C=C\CCCCCCCC(=O)NC(COP(=O)([O-])OCC[N+](C)(C)C)C(O)/C=C/CCCCCCCCC. The number of hydrogen-bond acceptors (Lipinski definition) is 6. The lowest BCUT2D eigenvalue weighted by molar-refractivity contribution is -0.870. The average Bonchev–Trinajstić information content (AvgIpc) is 2.99. The summed E-state index contributed by atoms with van der Waals surface area (Å²) in [6.45, 7) is 4.54. The van der Waals surface area contributed by atoms with Crippen LogP contribution in [0.3, 0.4) is 0 Å². The van der Waals surface area contributed by atoms with E-state index in [0.717, 1.165) is 64.2 Å². The number of aliphatic hydroxyl groups excluding tert-OH is 1. The van der Waals surface area contributed by atoms with Gasteiger partial charge in [0.15, 0.2) is 0 Å². The number of phosphoric ester groups is 1. The van der Waals surface area contributed by atoms with Gasteiger partial charge >= 0.3 is 0 Å². The standard InChI is InChI=1S/C37H71N2O6P/c1-6-8-10-12-14-16-17-18-19-20-21-23-25-27-29-31-37(41)38-35(34-45-46(42,43)44-33-32-39(3,4)5)36(40)30-28-26-24-22-15-13-11-9-7-2/h14,16,18-19,28,30,35-36,40H,6-13,15,17,20-27,29,31-34H2,1-5H3,(H-,38,41,42,43)/b16-14-,19-18-,30-28+. The van der Waals surface area contributed by atoms with Gasteiger partial charge in [-0.1, -0.05) is 121 Å². The summed E-state index contributed by atoms with van der Waals surface area (Å²) in [5, 5.41) is 13.6. The Balaban J connectivity index is 4.55. The number of allylic oxidation sites excluding steroid dienone is 5. The number of unbranched alkanes of at least 4 members (excludes halogenated alkanes) is 15. The van der Waals surface area contributed by atoms with Gasteiger partial charge in [-0.2, -0.15) is 0 Å². The number of likely N-dealkylation sites (N-methyl/N-ethyl adjacent to an activating group) is 1. The Morgan fingerprint density at radius 2 is 1.26 bits per heavy atom. The maximum atomic E-state index is 12.7. The molecule has 0 radical (unpaired) electrons. The van der Waals surface area contributed by atoms with Gasteiger partial charge in [0, 0.05) is 6.42 Å². The first kappa shape index (κ1) is 44.7. The van der Waals surface area contributed by atoms with Crippen LogP contribution in [0.15, 0.2) is 36.5 Å². The molecule has 0 aliphatic rings. The molecule has 9 heteroatoms. The van der Waals surface area contributed by atoms with Crippen LogP contribution in [-0.4, -0.2) is 68.5 Å². The van der Waals surface area contributed by atoms with Gasteiger partial charge in [-0.05, 0) is 51.4 Å². The van der Waals surface area contributed by atoms with Crippen LogP contribution in [-0.2, 0) is 18.4 Å². The highest BCUT2D eigenvalue weighted by Crippen LogP contribution is 2.38. The Morgan fingerprint density at radius 1 is 0.761 bits per heavy atom. The van der Waals surface area contributed by atoms with E-state index in [0.29, 0.717) is 17.4 Å². The largest absolute Gasteiger partial charge is 0.756 e. The summed E-state index contributed by atoms with van der Waals surface area (Å²) in [5.74, 6) is -0.217. The van der Waals surface area contributed by atoms with Gasteiger partial charge in [0.05, 0.1) is 39.9 Å². The Labute approximate surface area is 283 Å².